The van der Waals surface area contributed by atoms with Crippen molar-refractivity contribution in [3.05, 3.63) is 52.3 Å². The van der Waals surface area contributed by atoms with E-state index in [1.165, 1.54) is 12.5 Å². The Labute approximate surface area is 294 Å². The molecule has 0 atom stereocenters. The first kappa shape index (κ1) is 41.5. The minimum absolute atomic E-state index is 0.00858. The minimum Gasteiger partial charge on any atom is -0.506 e. The van der Waals surface area contributed by atoms with Crippen molar-refractivity contribution in [2.45, 2.75) is 69.8 Å². The number of ether oxygens (including phenoxy) is 1. The van der Waals surface area contributed by atoms with Crippen molar-refractivity contribution in [3.8, 4) is 11.5 Å². The molecule has 282 valence electrons. The van der Waals surface area contributed by atoms with Gasteiger partial charge in [0.15, 0.2) is 12.4 Å². The van der Waals surface area contributed by atoms with Crippen LogP contribution in [0.4, 0.5) is 36.4 Å². The number of nitrogens with one attached hydrogen (secondary N) is 3. The zero-order chi connectivity index (χ0) is 37.8. The number of rotatable bonds is 14. The van der Waals surface area contributed by atoms with Crippen LogP contribution in [0.3, 0.4) is 0 Å². The summed E-state index contributed by atoms with van der Waals surface area (Å²) in [5, 5.41) is 19.6. The summed E-state index contributed by atoms with van der Waals surface area (Å²) in [6, 6.07) is 8.41. The molecular weight excluding hydrogens is 717 g/mol. The lowest BCUT2D eigenvalue weighted by Crippen LogP contribution is -2.45. The molecule has 0 unspecified atom stereocenters. The van der Waals surface area contributed by atoms with Crippen molar-refractivity contribution in [2.75, 3.05) is 44.6 Å². The summed E-state index contributed by atoms with van der Waals surface area (Å²) in [6.07, 6.45) is -4.09. The number of halogens is 8. The third kappa shape index (κ3) is 12.9. The van der Waals surface area contributed by atoms with Gasteiger partial charge in [-0.15, -0.1) is 0 Å². The van der Waals surface area contributed by atoms with E-state index in [1.807, 2.05) is 6.07 Å². The number of carbonyl (C=O) groups excluding carboxylic acids is 4. The Morgan fingerprint density at radius 2 is 1.53 bits per heavy atom. The Balaban J connectivity index is 0.000000501. The first-order chi connectivity index (χ1) is 24.0. The van der Waals surface area contributed by atoms with E-state index in [4.69, 9.17) is 16.3 Å². The molecule has 0 spiro atoms. The Bertz CT molecular complexity index is 1510. The molecule has 1 aliphatic heterocycles. The van der Waals surface area contributed by atoms with Crippen molar-refractivity contribution < 1.29 is 59.8 Å². The molecule has 0 aromatic heterocycles. The summed E-state index contributed by atoms with van der Waals surface area (Å²) in [7, 11) is 0. The second kappa shape index (κ2) is 19.0. The molecule has 0 saturated heterocycles. The molecule has 0 bridgehead atoms. The molecule has 4 rings (SSSR count). The third-order valence-electron chi connectivity index (χ3n) is 8.08. The fourth-order valence-electron chi connectivity index (χ4n) is 5.51. The van der Waals surface area contributed by atoms with Crippen molar-refractivity contribution in [1.29, 1.82) is 0 Å². The van der Waals surface area contributed by atoms with E-state index in [9.17, 15) is 55.0 Å². The van der Waals surface area contributed by atoms with E-state index in [1.54, 1.807) is 18.2 Å². The van der Waals surface area contributed by atoms with Crippen LogP contribution in [0.2, 0.25) is 5.02 Å². The standard InChI is InChI=1S/C29H38ClFN4O4.C4F6O2/c30-23-18-20(6-8-24(23)31)10-13-32-15-12-27(38)35(22-4-2-1-3-5-22)17-16-33-14-11-21-7-9-25(36)28-29(21)39-19-26(37)34-28;5-3(6,7)1(11)2(12)4(8,9)10/h6-9,18,22,32-33,36H,1-5,10-17,19H2,(H,34,37);. The van der Waals surface area contributed by atoms with Crippen molar-refractivity contribution in [2.24, 2.45) is 0 Å². The molecule has 18 heteroatoms. The molecule has 1 heterocycles. The Morgan fingerprint density at radius 1 is 0.902 bits per heavy atom. The summed E-state index contributed by atoms with van der Waals surface area (Å²) in [6.45, 7) is 3.22. The molecule has 1 aliphatic carbocycles. The number of anilines is 1. The number of aromatic hydroxyl groups is 1. The lowest BCUT2D eigenvalue weighted by Gasteiger charge is -2.34. The molecular formula is C33H38ClF7N4O6. The molecule has 51 heavy (non-hydrogen) atoms. The van der Waals surface area contributed by atoms with Gasteiger partial charge < -0.3 is 30.7 Å². The van der Waals surface area contributed by atoms with Crippen molar-refractivity contribution in [3.63, 3.8) is 0 Å². The van der Waals surface area contributed by atoms with Gasteiger partial charge in [0.25, 0.3) is 5.91 Å². The quantitative estimate of drug-likeness (QED) is 0.0886. The monoisotopic (exact) mass is 754 g/mol. The van der Waals surface area contributed by atoms with Crippen LogP contribution in [0.15, 0.2) is 30.3 Å². The number of carbonyl (C=O) groups is 4. The normalized spacial score (nSPS) is 14.8. The largest absolute Gasteiger partial charge is 0.506 e. The number of Topliss-reactive ketones (excluding diaryl/α,β-unsaturated/α-hetero) is 2. The van der Waals surface area contributed by atoms with E-state index in [0.717, 1.165) is 36.8 Å². The molecule has 10 nitrogen and oxygen atoms in total. The maximum atomic E-state index is 13.3. The number of fused-ring (bicyclic) bond motifs is 1. The number of phenols is 1. The zero-order valence-electron chi connectivity index (χ0n) is 27.3. The van der Waals surface area contributed by atoms with Crippen LogP contribution in [0.5, 0.6) is 11.5 Å². The van der Waals surface area contributed by atoms with E-state index in [-0.39, 0.29) is 35.2 Å². The van der Waals surface area contributed by atoms with Gasteiger partial charge in [0, 0.05) is 32.1 Å². The maximum absolute atomic E-state index is 13.3. The fourth-order valence-corrected chi connectivity index (χ4v) is 5.71. The number of hydrogen-bond donors (Lipinski definition) is 4. The fraction of sp³-hybridized carbons (Fsp3) is 0.515. The summed E-state index contributed by atoms with van der Waals surface area (Å²) >= 11 is 5.86. The van der Waals surface area contributed by atoms with Gasteiger partial charge in [-0.05, 0) is 68.1 Å². The number of amides is 2. The van der Waals surface area contributed by atoms with Gasteiger partial charge in [-0.2, -0.15) is 26.3 Å². The van der Waals surface area contributed by atoms with Crippen LogP contribution in [-0.2, 0) is 32.0 Å². The first-order valence-electron chi connectivity index (χ1n) is 16.1. The smallest absolute Gasteiger partial charge is 0.458 e. The zero-order valence-corrected chi connectivity index (χ0v) is 28.1. The number of ketones is 2. The number of phenolic OH excluding ortho intramolecular Hbond substituents is 1. The molecule has 1 fully saturated rings. The summed E-state index contributed by atoms with van der Waals surface area (Å²) in [4.78, 5) is 46.1. The molecule has 2 aromatic rings. The van der Waals surface area contributed by atoms with Crippen LogP contribution in [-0.4, -0.2) is 91.1 Å². The molecule has 2 aromatic carbocycles. The number of benzene rings is 2. The highest BCUT2D eigenvalue weighted by atomic mass is 35.5. The minimum atomic E-state index is -5.77. The van der Waals surface area contributed by atoms with E-state index < -0.39 is 29.7 Å². The highest BCUT2D eigenvalue weighted by molar-refractivity contribution is 6.41. The molecule has 2 amide bonds. The summed E-state index contributed by atoms with van der Waals surface area (Å²) < 4.78 is 85.9. The van der Waals surface area contributed by atoms with Gasteiger partial charge in [-0.25, -0.2) is 4.39 Å². The predicted octanol–water partition coefficient (Wildman–Crippen LogP) is 5.28. The second-order valence-electron chi connectivity index (χ2n) is 11.8. The molecule has 0 radical (unpaired) electrons. The van der Waals surface area contributed by atoms with Gasteiger partial charge in [0.05, 0.1) is 5.02 Å². The lowest BCUT2D eigenvalue weighted by molar-refractivity contribution is -0.193. The van der Waals surface area contributed by atoms with E-state index in [2.05, 4.69) is 20.9 Å². The highest BCUT2D eigenvalue weighted by Crippen LogP contribution is 2.39. The van der Waals surface area contributed by atoms with Crippen molar-refractivity contribution >= 4 is 40.7 Å². The molecule has 1 saturated carbocycles. The SMILES string of the molecule is O=C(C(=O)C(F)(F)F)C(F)(F)F.O=C1COc2c(CCNCCN(C(=O)CCNCCc3ccc(F)c(Cl)c3)C3CCCCC3)ccc(O)c2N1. The van der Waals surface area contributed by atoms with Crippen LogP contribution in [0, 0.1) is 5.82 Å². The molecule has 2 aliphatic rings. The Kier molecular flexibility index (Phi) is 15.5. The van der Waals surface area contributed by atoms with Crippen LogP contribution in [0.1, 0.15) is 49.7 Å². The number of nitrogens with zero attached hydrogens (tertiary/aromatic N) is 1. The van der Waals surface area contributed by atoms with Crippen LogP contribution >= 0.6 is 11.6 Å². The van der Waals surface area contributed by atoms with Gasteiger partial charge in [-0.1, -0.05) is 43.0 Å². The number of alkyl halides is 6. The van der Waals surface area contributed by atoms with E-state index >= 15 is 0 Å². The highest BCUT2D eigenvalue weighted by Gasteiger charge is 2.54. The van der Waals surface area contributed by atoms with Crippen LogP contribution in [0.25, 0.3) is 0 Å². The van der Waals surface area contributed by atoms with Crippen molar-refractivity contribution in [1.82, 2.24) is 15.5 Å². The lowest BCUT2D eigenvalue weighted by atomic mass is 9.94. The number of hydrogen-bond acceptors (Lipinski definition) is 8. The molecule has 4 N–H and O–H groups in total. The maximum Gasteiger partial charge on any atom is 0.458 e. The Morgan fingerprint density at radius 3 is 2.16 bits per heavy atom. The van der Waals surface area contributed by atoms with E-state index in [0.29, 0.717) is 63.4 Å². The first-order valence-corrected chi connectivity index (χ1v) is 16.5. The average Bonchev–Trinajstić information content (AvgIpc) is 3.08. The van der Waals surface area contributed by atoms with Gasteiger partial charge in [-0.3, -0.25) is 19.2 Å². The van der Waals surface area contributed by atoms with Gasteiger partial charge in [0.2, 0.25) is 5.91 Å². The van der Waals surface area contributed by atoms with Gasteiger partial charge in [0.1, 0.15) is 17.3 Å². The predicted molar refractivity (Wildman–Crippen MR) is 172 cm³/mol. The third-order valence-corrected chi connectivity index (χ3v) is 8.37. The summed E-state index contributed by atoms with van der Waals surface area (Å²) in [5.41, 5.74) is 2.19. The average molecular weight is 755 g/mol. The Hall–Kier alpha value is -3.96. The van der Waals surface area contributed by atoms with Crippen LogP contribution < -0.4 is 20.7 Å². The van der Waals surface area contributed by atoms with Gasteiger partial charge >= 0.3 is 23.9 Å². The summed E-state index contributed by atoms with van der Waals surface area (Å²) in [5.74, 6) is -6.84. The topological polar surface area (TPSA) is 137 Å². The second-order valence-corrected chi connectivity index (χ2v) is 12.2.